The first-order valence-electron chi connectivity index (χ1n) is 14.0. The fourth-order valence-electron chi connectivity index (χ4n) is 5.72. The lowest BCUT2D eigenvalue weighted by atomic mass is 9.12. The molecule has 0 heterocycles. The maximum Gasteiger partial charge on any atom is 0.200 e. The average Bonchev–Trinajstić information content (AvgIpc) is 3.13. The Balaban J connectivity index is 0.000000631. The van der Waals surface area contributed by atoms with Crippen LogP contribution in [0.4, 0.5) is 93.5 Å². The van der Waals surface area contributed by atoms with E-state index in [0.29, 0.717) is 0 Å². The molecule has 0 spiro atoms. The molecule has 0 aromatic heterocycles. The summed E-state index contributed by atoms with van der Waals surface area (Å²) < 4.78 is 294. The van der Waals surface area contributed by atoms with Crippen molar-refractivity contribution in [2.45, 2.75) is 13.8 Å². The summed E-state index contributed by atoms with van der Waals surface area (Å²) in [5.74, 6) is -71.4. The van der Waals surface area contributed by atoms with Gasteiger partial charge in [0.15, 0.2) is 69.8 Å². The number of quaternary nitrogens is 1. The molecule has 5 aromatic rings. The number of hydrogen-bond acceptors (Lipinski definition) is 0. The number of benzene rings is 5. The Morgan fingerprint density at radius 2 is 0.444 bits per heavy atom. The van der Waals surface area contributed by atoms with Crippen LogP contribution in [0.5, 0.6) is 0 Å². The molecule has 0 aliphatic rings. The summed E-state index contributed by atoms with van der Waals surface area (Å²) in [7, 11) is 0. The van der Waals surface area contributed by atoms with E-state index in [1.807, 2.05) is 0 Å². The highest BCUT2D eigenvalue weighted by atomic mass is 19.2. The zero-order valence-corrected chi connectivity index (χ0v) is 26.1. The number of aryl methyl sites for hydroxylation is 2. The van der Waals surface area contributed by atoms with Crippen LogP contribution in [0.3, 0.4) is 0 Å². The smallest absolute Gasteiger partial charge is 0.200 e. The minimum atomic E-state index is -7.22. The van der Waals surface area contributed by atoms with Crippen LogP contribution < -0.4 is 27.6 Å². The zero-order valence-electron chi connectivity index (χ0n) is 26.1. The molecule has 288 valence electrons. The first-order chi connectivity index (χ1) is 24.9. The van der Waals surface area contributed by atoms with Gasteiger partial charge in [0.2, 0.25) is 0 Å². The van der Waals surface area contributed by atoms with E-state index in [0.717, 1.165) is 5.69 Å². The highest BCUT2D eigenvalue weighted by molar-refractivity contribution is 7.20. The van der Waals surface area contributed by atoms with Crippen LogP contribution in [0, 0.1) is 130 Å². The summed E-state index contributed by atoms with van der Waals surface area (Å²) in [4.78, 5) is 0. The van der Waals surface area contributed by atoms with Crippen LogP contribution in [0.2, 0.25) is 0 Å². The van der Waals surface area contributed by atoms with E-state index in [1.54, 1.807) is 0 Å². The van der Waals surface area contributed by atoms with Crippen molar-refractivity contribution in [3.8, 4) is 0 Å². The van der Waals surface area contributed by atoms with E-state index in [2.05, 4.69) is 37.8 Å². The standard InChI is InChI=1S/C24BF20.C8H11N/c26-5-1(6(27)14(35)21(42)13(5)34)25(2-7(28)15(36)22(43)16(37)8(2)29,3-9(30)17(38)23(44)18(39)10(3)31)4-11(32)19(40)24(45)20(41)12(4)33;1-6-4-3-5-7(2)8(6)9/h;3-5H,9H2,1-2H3/q-1;/p+1. The van der Waals surface area contributed by atoms with Crippen LogP contribution in [0.1, 0.15) is 11.1 Å². The zero-order chi connectivity index (χ0) is 41.2. The van der Waals surface area contributed by atoms with E-state index in [9.17, 15) is 52.7 Å². The SMILES string of the molecule is Cc1cccc(C)c1[NH3+].Fc1c(F)c(F)c([B-](c2c(F)c(F)c(F)c(F)c2F)(c2c(F)c(F)c(F)c(F)c2F)c2c(F)c(F)c(F)c(F)c2F)c(F)c1F. The van der Waals surface area contributed by atoms with E-state index in [1.165, 1.54) is 11.1 Å². The lowest BCUT2D eigenvalue weighted by Crippen LogP contribution is -2.81. The minimum Gasteiger partial charge on any atom is -0.325 e. The molecule has 3 N–H and O–H groups in total. The van der Waals surface area contributed by atoms with Crippen molar-refractivity contribution in [2.75, 3.05) is 0 Å². The Hall–Kier alpha value is -5.28. The lowest BCUT2D eigenvalue weighted by molar-refractivity contribution is -0.256. The van der Waals surface area contributed by atoms with Gasteiger partial charge in [-0.15, -0.1) is 21.9 Å². The third-order valence-electron chi connectivity index (χ3n) is 8.35. The van der Waals surface area contributed by atoms with Gasteiger partial charge < -0.3 is 5.73 Å². The Morgan fingerprint density at radius 3 is 0.593 bits per heavy atom. The molecule has 0 aliphatic heterocycles. The Kier molecular flexibility index (Phi) is 11.1. The second kappa shape index (κ2) is 14.5. The Bertz CT molecular complexity index is 1980. The number of rotatable bonds is 4. The van der Waals surface area contributed by atoms with E-state index < -0.39 is 144 Å². The normalized spacial score (nSPS) is 11.6. The van der Waals surface area contributed by atoms with Crippen molar-refractivity contribution >= 4 is 33.7 Å². The monoisotopic (exact) mass is 801 g/mol. The summed E-state index contributed by atoms with van der Waals surface area (Å²) in [6.07, 6.45) is -7.22. The highest BCUT2D eigenvalue weighted by Gasteiger charge is 2.52. The summed E-state index contributed by atoms with van der Waals surface area (Å²) in [6, 6.07) is 6.21. The van der Waals surface area contributed by atoms with Crippen LogP contribution >= 0.6 is 0 Å². The first kappa shape index (κ1) is 41.5. The van der Waals surface area contributed by atoms with Gasteiger partial charge in [-0.25, -0.2) is 87.8 Å². The maximum absolute atomic E-state index is 15.4. The molecular formula is C32H12BF20N. The van der Waals surface area contributed by atoms with Gasteiger partial charge in [0, 0.05) is 11.1 Å². The molecule has 5 rings (SSSR count). The predicted molar refractivity (Wildman–Crippen MR) is 148 cm³/mol. The van der Waals surface area contributed by atoms with Crippen molar-refractivity contribution in [3.63, 3.8) is 0 Å². The number of hydrogen-bond donors (Lipinski definition) is 1. The molecule has 54 heavy (non-hydrogen) atoms. The van der Waals surface area contributed by atoms with Gasteiger partial charge >= 0.3 is 0 Å². The molecule has 5 aromatic carbocycles. The molecule has 1 nitrogen and oxygen atoms in total. The minimum absolute atomic E-state index is 1.16. The molecule has 0 radical (unpaired) electrons. The van der Waals surface area contributed by atoms with Crippen molar-refractivity contribution in [1.82, 2.24) is 0 Å². The van der Waals surface area contributed by atoms with Gasteiger partial charge in [0.05, 0.1) is 0 Å². The fourth-order valence-corrected chi connectivity index (χ4v) is 5.72. The third kappa shape index (κ3) is 5.90. The lowest BCUT2D eigenvalue weighted by Gasteiger charge is -2.44. The van der Waals surface area contributed by atoms with Gasteiger partial charge in [0.25, 0.3) is 0 Å². The van der Waals surface area contributed by atoms with Crippen molar-refractivity contribution in [2.24, 2.45) is 0 Å². The topological polar surface area (TPSA) is 27.6 Å². The van der Waals surface area contributed by atoms with Crippen LogP contribution in [-0.4, -0.2) is 6.15 Å². The van der Waals surface area contributed by atoms with Crippen LogP contribution in [-0.2, 0) is 0 Å². The van der Waals surface area contributed by atoms with Gasteiger partial charge in [-0.3, -0.25) is 0 Å². The largest absolute Gasteiger partial charge is 0.325 e. The molecule has 0 aliphatic carbocycles. The van der Waals surface area contributed by atoms with E-state index >= 15 is 35.1 Å². The summed E-state index contributed by atoms with van der Waals surface area (Å²) in [6.45, 7) is 4.16. The Labute approximate surface area is 287 Å². The van der Waals surface area contributed by atoms with Gasteiger partial charge in [0.1, 0.15) is 58.4 Å². The molecular weight excluding hydrogens is 789 g/mol. The van der Waals surface area contributed by atoms with Gasteiger partial charge in [-0.05, 0) is 13.8 Å². The van der Waals surface area contributed by atoms with Crippen LogP contribution in [0.15, 0.2) is 18.2 Å². The molecule has 0 fully saturated rings. The molecule has 0 saturated carbocycles. The fraction of sp³-hybridized carbons (Fsp3) is 0.0625. The van der Waals surface area contributed by atoms with Gasteiger partial charge in [-0.2, -0.15) is 0 Å². The van der Waals surface area contributed by atoms with Crippen molar-refractivity contribution in [1.29, 1.82) is 0 Å². The summed E-state index contributed by atoms with van der Waals surface area (Å²) in [5.41, 5.74) is -6.70. The maximum atomic E-state index is 15.4. The molecule has 0 atom stereocenters. The van der Waals surface area contributed by atoms with Crippen molar-refractivity contribution in [3.05, 3.63) is 146 Å². The summed E-state index contributed by atoms with van der Waals surface area (Å²) >= 11 is 0. The van der Waals surface area contributed by atoms with Crippen molar-refractivity contribution < 1.29 is 93.5 Å². The van der Waals surface area contributed by atoms with Gasteiger partial charge in [-0.1, -0.05) is 18.2 Å². The quantitative estimate of drug-likeness (QED) is 0.0877. The Morgan fingerprint density at radius 1 is 0.296 bits per heavy atom. The molecule has 0 unspecified atom stereocenters. The molecule has 0 amide bonds. The average molecular weight is 801 g/mol. The van der Waals surface area contributed by atoms with E-state index in [-0.39, 0.29) is 0 Å². The predicted octanol–water partition coefficient (Wildman–Crippen LogP) is 7.02. The molecule has 0 saturated heterocycles. The highest BCUT2D eigenvalue weighted by Crippen LogP contribution is 2.30. The first-order valence-corrected chi connectivity index (χ1v) is 14.0. The summed E-state index contributed by atoms with van der Waals surface area (Å²) in [5, 5.41) is 0. The second-order valence-corrected chi connectivity index (χ2v) is 11.2. The van der Waals surface area contributed by atoms with E-state index in [4.69, 9.17) is 0 Å². The van der Waals surface area contributed by atoms with Crippen LogP contribution in [0.25, 0.3) is 0 Å². The molecule has 22 heteroatoms. The number of halogens is 20. The second-order valence-electron chi connectivity index (χ2n) is 11.2. The molecule has 0 bridgehead atoms. The third-order valence-corrected chi connectivity index (χ3v) is 8.35.